The van der Waals surface area contributed by atoms with E-state index in [0.717, 1.165) is 29.7 Å². The fourth-order valence-electron chi connectivity index (χ4n) is 2.37. The Labute approximate surface area is 135 Å². The molecule has 0 unspecified atom stereocenters. The number of rotatable bonds is 8. The Morgan fingerprint density at radius 2 is 1.90 bits per heavy atom. The molecular weight excluding hydrogens is 332 g/mol. The van der Waals surface area contributed by atoms with Crippen molar-refractivity contribution in [3.63, 3.8) is 0 Å². The van der Waals surface area contributed by atoms with E-state index in [2.05, 4.69) is 53.8 Å². The minimum Gasteiger partial charge on any atom is -0.478 e. The number of nitrogens with zero attached hydrogens (tertiary/aromatic N) is 1. The van der Waals surface area contributed by atoms with Gasteiger partial charge in [-0.05, 0) is 45.4 Å². The van der Waals surface area contributed by atoms with Gasteiger partial charge in [0.25, 0.3) is 0 Å². The number of nitrogens with one attached hydrogen (secondary N) is 1. The second-order valence-corrected chi connectivity index (χ2v) is 6.57. The highest BCUT2D eigenvalue weighted by Crippen LogP contribution is 2.18. The van der Waals surface area contributed by atoms with E-state index in [1.54, 1.807) is 12.1 Å². The lowest BCUT2D eigenvalue weighted by molar-refractivity contribution is 0.0697. The molecular formula is C16H25BrN2O2. The van der Waals surface area contributed by atoms with Crippen molar-refractivity contribution < 1.29 is 9.90 Å². The van der Waals surface area contributed by atoms with Gasteiger partial charge < -0.3 is 10.4 Å². The van der Waals surface area contributed by atoms with Crippen LogP contribution in [0, 0.1) is 0 Å². The molecule has 1 rings (SSSR count). The van der Waals surface area contributed by atoms with Gasteiger partial charge in [-0.15, -0.1) is 0 Å². The van der Waals surface area contributed by atoms with Gasteiger partial charge in [0.15, 0.2) is 0 Å². The Balaban J connectivity index is 2.47. The van der Waals surface area contributed by atoms with Crippen LogP contribution in [-0.4, -0.2) is 41.1 Å². The maximum atomic E-state index is 10.9. The van der Waals surface area contributed by atoms with Crippen LogP contribution in [0.3, 0.4) is 0 Å². The highest BCUT2D eigenvalue weighted by Gasteiger charge is 2.12. The molecule has 4 nitrogen and oxygen atoms in total. The van der Waals surface area contributed by atoms with E-state index in [1.165, 1.54) is 0 Å². The van der Waals surface area contributed by atoms with E-state index in [4.69, 9.17) is 5.11 Å². The summed E-state index contributed by atoms with van der Waals surface area (Å²) in [5.74, 6) is -0.903. The lowest BCUT2D eigenvalue weighted by Crippen LogP contribution is -2.41. The average Bonchev–Trinajstić information content (AvgIpc) is 2.38. The van der Waals surface area contributed by atoms with Crippen LogP contribution in [0.2, 0.25) is 0 Å². The summed E-state index contributed by atoms with van der Waals surface area (Å²) in [4.78, 5) is 13.3. The van der Waals surface area contributed by atoms with E-state index in [0.29, 0.717) is 17.6 Å². The molecule has 0 spiro atoms. The lowest BCUT2D eigenvalue weighted by atomic mass is 10.1. The van der Waals surface area contributed by atoms with Crippen LogP contribution in [0.4, 0.5) is 0 Å². The van der Waals surface area contributed by atoms with Gasteiger partial charge in [-0.25, -0.2) is 4.79 Å². The molecule has 1 aromatic rings. The van der Waals surface area contributed by atoms with E-state index in [1.807, 2.05) is 6.07 Å². The van der Waals surface area contributed by atoms with Gasteiger partial charge in [0.1, 0.15) is 0 Å². The first-order valence-electron chi connectivity index (χ1n) is 7.31. The molecule has 118 valence electrons. The first-order valence-corrected chi connectivity index (χ1v) is 8.10. The summed E-state index contributed by atoms with van der Waals surface area (Å²) in [6.07, 6.45) is 0. The second-order valence-electron chi connectivity index (χ2n) is 5.71. The van der Waals surface area contributed by atoms with Gasteiger partial charge >= 0.3 is 5.97 Å². The summed E-state index contributed by atoms with van der Waals surface area (Å²) in [5, 5.41) is 12.3. The van der Waals surface area contributed by atoms with E-state index >= 15 is 0 Å². The van der Waals surface area contributed by atoms with Gasteiger partial charge in [0.05, 0.1) is 5.56 Å². The predicted molar refractivity (Wildman–Crippen MR) is 89.8 cm³/mol. The Kier molecular flexibility index (Phi) is 7.35. The number of carbonyl (C=O) groups is 1. The fraction of sp³-hybridized carbons (Fsp3) is 0.562. The van der Waals surface area contributed by atoms with Gasteiger partial charge in [0.2, 0.25) is 0 Å². The topological polar surface area (TPSA) is 52.6 Å². The summed E-state index contributed by atoms with van der Waals surface area (Å²) < 4.78 is 0.833. The third kappa shape index (κ3) is 5.77. The summed E-state index contributed by atoms with van der Waals surface area (Å²) in [5.41, 5.74) is 1.37. The summed E-state index contributed by atoms with van der Waals surface area (Å²) >= 11 is 3.43. The van der Waals surface area contributed by atoms with Crippen LogP contribution < -0.4 is 5.32 Å². The third-order valence-electron chi connectivity index (χ3n) is 3.49. The second kappa shape index (κ2) is 8.51. The first-order chi connectivity index (χ1) is 9.82. The molecule has 0 aromatic heterocycles. The molecule has 0 radical (unpaired) electrons. The molecule has 1 aromatic carbocycles. The number of hydrogen-bond donors (Lipinski definition) is 2. The first kappa shape index (κ1) is 18.1. The minimum atomic E-state index is -0.903. The molecule has 5 heteroatoms. The summed E-state index contributed by atoms with van der Waals surface area (Å²) in [6.45, 7) is 11.5. The smallest absolute Gasteiger partial charge is 0.335 e. The Morgan fingerprint density at radius 3 is 2.38 bits per heavy atom. The summed E-state index contributed by atoms with van der Waals surface area (Å²) in [6, 6.07) is 6.21. The molecule has 0 heterocycles. The largest absolute Gasteiger partial charge is 0.478 e. The van der Waals surface area contributed by atoms with Crippen molar-refractivity contribution in [2.45, 2.75) is 46.3 Å². The lowest BCUT2D eigenvalue weighted by Gasteiger charge is -2.30. The maximum absolute atomic E-state index is 10.9. The van der Waals surface area contributed by atoms with Gasteiger partial charge in [-0.3, -0.25) is 4.90 Å². The third-order valence-corrected chi connectivity index (χ3v) is 4.23. The Bertz CT molecular complexity index is 467. The molecule has 21 heavy (non-hydrogen) atoms. The quantitative estimate of drug-likeness (QED) is 0.701. The van der Waals surface area contributed by atoms with Crippen molar-refractivity contribution in [3.05, 3.63) is 33.8 Å². The molecule has 0 amide bonds. The Morgan fingerprint density at radius 1 is 1.29 bits per heavy atom. The molecule has 0 atom stereocenters. The highest BCUT2D eigenvalue weighted by atomic mass is 79.9. The standard InChI is InChI=1S/C16H25BrN2O2/c1-11(2)19(12(3)4)8-7-18-10-14-6-5-13(16(20)21)9-15(14)17/h5-6,9,11-12,18H,7-8,10H2,1-4H3,(H,20,21). The van der Waals surface area contributed by atoms with Crippen molar-refractivity contribution >= 4 is 21.9 Å². The van der Waals surface area contributed by atoms with Gasteiger partial charge in [-0.1, -0.05) is 22.0 Å². The molecule has 0 aliphatic rings. The number of carboxylic acids is 1. The molecule has 0 aliphatic carbocycles. The van der Waals surface area contributed by atoms with Crippen molar-refractivity contribution in [2.24, 2.45) is 0 Å². The minimum absolute atomic E-state index is 0.302. The Hall–Kier alpha value is -0.910. The predicted octanol–water partition coefficient (Wildman–Crippen LogP) is 3.36. The number of halogens is 1. The van der Waals surface area contributed by atoms with E-state index in [9.17, 15) is 4.79 Å². The number of hydrogen-bond acceptors (Lipinski definition) is 3. The van der Waals surface area contributed by atoms with Crippen molar-refractivity contribution in [2.75, 3.05) is 13.1 Å². The fourth-order valence-corrected chi connectivity index (χ4v) is 2.89. The molecule has 0 saturated carbocycles. The monoisotopic (exact) mass is 356 g/mol. The molecule has 0 fully saturated rings. The zero-order valence-electron chi connectivity index (χ0n) is 13.2. The van der Waals surface area contributed by atoms with Crippen molar-refractivity contribution in [1.82, 2.24) is 10.2 Å². The zero-order valence-corrected chi connectivity index (χ0v) is 14.8. The van der Waals surface area contributed by atoms with E-state index in [-0.39, 0.29) is 0 Å². The molecule has 2 N–H and O–H groups in total. The summed E-state index contributed by atoms with van der Waals surface area (Å²) in [7, 11) is 0. The number of aromatic carboxylic acids is 1. The number of carboxylic acid groups (broad SMARTS) is 1. The van der Waals surface area contributed by atoms with Crippen LogP contribution in [0.5, 0.6) is 0 Å². The van der Waals surface area contributed by atoms with E-state index < -0.39 is 5.97 Å². The van der Waals surface area contributed by atoms with Gasteiger partial charge in [0, 0.05) is 36.2 Å². The number of benzene rings is 1. The van der Waals surface area contributed by atoms with Crippen LogP contribution in [-0.2, 0) is 6.54 Å². The highest BCUT2D eigenvalue weighted by molar-refractivity contribution is 9.10. The van der Waals surface area contributed by atoms with Crippen LogP contribution >= 0.6 is 15.9 Å². The van der Waals surface area contributed by atoms with Gasteiger partial charge in [-0.2, -0.15) is 0 Å². The average molecular weight is 357 g/mol. The SMILES string of the molecule is CC(C)N(CCNCc1ccc(C(=O)O)cc1Br)C(C)C. The zero-order chi connectivity index (χ0) is 16.0. The van der Waals surface area contributed by atoms with Crippen LogP contribution in [0.15, 0.2) is 22.7 Å². The maximum Gasteiger partial charge on any atom is 0.335 e. The molecule has 0 bridgehead atoms. The van der Waals surface area contributed by atoms with Crippen LogP contribution in [0.1, 0.15) is 43.6 Å². The van der Waals surface area contributed by atoms with Crippen LogP contribution in [0.25, 0.3) is 0 Å². The normalized spacial score (nSPS) is 11.6. The molecule has 0 aliphatic heterocycles. The molecule has 0 saturated heterocycles. The van der Waals surface area contributed by atoms with Crippen molar-refractivity contribution in [3.8, 4) is 0 Å². The van der Waals surface area contributed by atoms with Crippen molar-refractivity contribution in [1.29, 1.82) is 0 Å².